The van der Waals surface area contributed by atoms with Gasteiger partial charge in [-0.3, -0.25) is 0 Å². The van der Waals surface area contributed by atoms with Crippen LogP contribution in [0, 0.1) is 0 Å². The smallest absolute Gasteiger partial charge is 0.349 e. The van der Waals surface area contributed by atoms with Crippen LogP contribution in [0.15, 0.2) is 36.4 Å². The number of carbonyl (C=O) groups is 3. The predicted octanol–water partition coefficient (Wildman–Crippen LogP) is 0.570. The van der Waals surface area contributed by atoms with E-state index in [1.54, 1.807) is 0 Å². The number of benzene rings is 1. The number of phenols is 1. The molecule has 0 unspecified atom stereocenters. The SMILES string of the molecule is COC(=O)C=CC(=O)OCC(=O)Oc1ccc(O)cc1. The summed E-state index contributed by atoms with van der Waals surface area (Å²) in [5.74, 6) is -2.15. The lowest BCUT2D eigenvalue weighted by molar-refractivity contribution is -0.150. The van der Waals surface area contributed by atoms with Crippen molar-refractivity contribution in [3.8, 4) is 11.5 Å². The summed E-state index contributed by atoms with van der Waals surface area (Å²) in [5.41, 5.74) is 0. The monoisotopic (exact) mass is 280 g/mol. The molecular formula is C13H12O7. The van der Waals surface area contributed by atoms with Gasteiger partial charge in [-0.1, -0.05) is 0 Å². The molecule has 0 bridgehead atoms. The highest BCUT2D eigenvalue weighted by molar-refractivity contribution is 5.92. The molecule has 0 fully saturated rings. The van der Waals surface area contributed by atoms with E-state index in [9.17, 15) is 14.4 Å². The van der Waals surface area contributed by atoms with Crippen LogP contribution in [0.4, 0.5) is 0 Å². The molecule has 0 aliphatic carbocycles. The summed E-state index contributed by atoms with van der Waals surface area (Å²) in [6.45, 7) is -0.606. The number of methoxy groups -OCH3 is 1. The zero-order chi connectivity index (χ0) is 15.0. The summed E-state index contributed by atoms with van der Waals surface area (Å²) >= 11 is 0. The zero-order valence-corrected chi connectivity index (χ0v) is 10.6. The summed E-state index contributed by atoms with van der Waals surface area (Å²) < 4.78 is 13.6. The van der Waals surface area contributed by atoms with Gasteiger partial charge < -0.3 is 19.3 Å². The van der Waals surface area contributed by atoms with Crippen LogP contribution < -0.4 is 4.74 Å². The molecule has 1 rings (SSSR count). The third kappa shape index (κ3) is 5.67. The van der Waals surface area contributed by atoms with Gasteiger partial charge >= 0.3 is 17.9 Å². The molecule has 1 aromatic carbocycles. The van der Waals surface area contributed by atoms with Crippen molar-refractivity contribution in [2.24, 2.45) is 0 Å². The maximum absolute atomic E-state index is 11.3. The average Bonchev–Trinajstić information content (AvgIpc) is 2.45. The van der Waals surface area contributed by atoms with Crippen molar-refractivity contribution in [1.82, 2.24) is 0 Å². The number of rotatable bonds is 5. The standard InChI is InChI=1S/C13H12O7/c1-18-11(15)6-7-12(16)19-8-13(17)20-10-4-2-9(14)3-5-10/h2-7,14H,8H2,1H3. The average molecular weight is 280 g/mol. The molecule has 0 amide bonds. The molecule has 0 aliphatic rings. The first-order valence-electron chi connectivity index (χ1n) is 5.44. The molecule has 7 nitrogen and oxygen atoms in total. The molecule has 0 radical (unpaired) electrons. The van der Waals surface area contributed by atoms with Crippen LogP contribution in [-0.4, -0.2) is 36.7 Å². The molecule has 7 heteroatoms. The molecule has 0 heterocycles. The summed E-state index contributed by atoms with van der Waals surface area (Å²) in [4.78, 5) is 33.1. The minimum Gasteiger partial charge on any atom is -0.508 e. The lowest BCUT2D eigenvalue weighted by atomic mass is 10.3. The summed E-state index contributed by atoms with van der Waals surface area (Å²) in [5, 5.41) is 9.04. The molecule has 1 N–H and O–H groups in total. The van der Waals surface area contributed by atoms with E-state index in [1.807, 2.05) is 0 Å². The zero-order valence-electron chi connectivity index (χ0n) is 10.6. The van der Waals surface area contributed by atoms with Crippen LogP contribution in [0.1, 0.15) is 0 Å². The fourth-order valence-electron chi connectivity index (χ4n) is 1.06. The first-order chi connectivity index (χ1) is 9.51. The van der Waals surface area contributed by atoms with Gasteiger partial charge in [0.25, 0.3) is 0 Å². The van der Waals surface area contributed by atoms with Gasteiger partial charge in [-0.15, -0.1) is 0 Å². The van der Waals surface area contributed by atoms with Crippen molar-refractivity contribution in [1.29, 1.82) is 0 Å². The van der Waals surface area contributed by atoms with Crippen LogP contribution in [0.25, 0.3) is 0 Å². The van der Waals surface area contributed by atoms with Gasteiger partial charge in [-0.05, 0) is 24.3 Å². The van der Waals surface area contributed by atoms with Gasteiger partial charge in [0.05, 0.1) is 7.11 Å². The second kappa shape index (κ2) is 7.57. The molecule has 20 heavy (non-hydrogen) atoms. The van der Waals surface area contributed by atoms with Gasteiger partial charge in [-0.2, -0.15) is 0 Å². The molecule has 0 aromatic heterocycles. The minimum atomic E-state index is -0.877. The van der Waals surface area contributed by atoms with Gasteiger partial charge in [0, 0.05) is 12.2 Å². The summed E-state index contributed by atoms with van der Waals surface area (Å²) in [7, 11) is 1.16. The van der Waals surface area contributed by atoms with Crippen LogP contribution in [-0.2, 0) is 23.9 Å². The second-order valence-electron chi connectivity index (χ2n) is 3.43. The van der Waals surface area contributed by atoms with E-state index in [2.05, 4.69) is 9.47 Å². The fourth-order valence-corrected chi connectivity index (χ4v) is 1.06. The van der Waals surface area contributed by atoms with E-state index >= 15 is 0 Å². The molecule has 0 saturated heterocycles. The highest BCUT2D eigenvalue weighted by Crippen LogP contribution is 2.15. The molecule has 1 aromatic rings. The number of carbonyl (C=O) groups excluding carboxylic acids is 3. The molecule has 0 atom stereocenters. The Bertz CT molecular complexity index is 516. The van der Waals surface area contributed by atoms with Crippen LogP contribution in [0.3, 0.4) is 0 Å². The largest absolute Gasteiger partial charge is 0.508 e. The van der Waals surface area contributed by atoms with Crippen LogP contribution in [0.5, 0.6) is 11.5 Å². The van der Waals surface area contributed by atoms with E-state index in [0.717, 1.165) is 19.3 Å². The predicted molar refractivity (Wildman–Crippen MR) is 65.9 cm³/mol. The summed E-state index contributed by atoms with van der Waals surface area (Å²) in [6, 6.07) is 5.44. The van der Waals surface area contributed by atoms with E-state index < -0.39 is 24.5 Å². The van der Waals surface area contributed by atoms with Crippen LogP contribution in [0.2, 0.25) is 0 Å². The Morgan fingerprint density at radius 1 is 1.10 bits per heavy atom. The number of hydrogen-bond donors (Lipinski definition) is 1. The molecular weight excluding hydrogens is 268 g/mol. The maximum atomic E-state index is 11.3. The summed E-state index contributed by atoms with van der Waals surface area (Å²) in [6.07, 6.45) is 1.70. The Morgan fingerprint density at radius 3 is 2.30 bits per heavy atom. The highest BCUT2D eigenvalue weighted by Gasteiger charge is 2.08. The minimum absolute atomic E-state index is 0.0316. The molecule has 0 spiro atoms. The van der Waals surface area contributed by atoms with E-state index in [4.69, 9.17) is 9.84 Å². The Labute approximate surface area is 114 Å². The highest BCUT2D eigenvalue weighted by atomic mass is 16.6. The van der Waals surface area contributed by atoms with Gasteiger partial charge in [0.2, 0.25) is 0 Å². The first kappa shape index (κ1) is 15.2. The molecule has 106 valence electrons. The third-order valence-corrected chi connectivity index (χ3v) is 1.96. The van der Waals surface area contributed by atoms with Gasteiger partial charge in [0.15, 0.2) is 6.61 Å². The number of aromatic hydroxyl groups is 1. The number of phenolic OH excluding ortho intramolecular Hbond substituents is 1. The quantitative estimate of drug-likeness (QED) is 0.478. The lowest BCUT2D eigenvalue weighted by Gasteiger charge is -2.04. The number of hydrogen-bond acceptors (Lipinski definition) is 7. The Kier molecular flexibility index (Phi) is 5.76. The van der Waals surface area contributed by atoms with Crippen molar-refractivity contribution < 1.29 is 33.7 Å². The van der Waals surface area contributed by atoms with Crippen molar-refractivity contribution in [3.63, 3.8) is 0 Å². The van der Waals surface area contributed by atoms with E-state index in [-0.39, 0.29) is 11.5 Å². The van der Waals surface area contributed by atoms with Crippen molar-refractivity contribution in [2.45, 2.75) is 0 Å². The Morgan fingerprint density at radius 2 is 1.70 bits per heavy atom. The van der Waals surface area contributed by atoms with E-state index in [1.165, 1.54) is 24.3 Å². The van der Waals surface area contributed by atoms with Crippen LogP contribution >= 0.6 is 0 Å². The molecule has 0 aliphatic heterocycles. The van der Waals surface area contributed by atoms with Gasteiger partial charge in [0.1, 0.15) is 11.5 Å². The maximum Gasteiger partial charge on any atom is 0.349 e. The third-order valence-electron chi connectivity index (χ3n) is 1.96. The lowest BCUT2D eigenvalue weighted by Crippen LogP contribution is -2.18. The normalized spacial score (nSPS) is 10.1. The fraction of sp³-hybridized carbons (Fsp3) is 0.154. The molecule has 0 saturated carbocycles. The topological polar surface area (TPSA) is 99.1 Å². The first-order valence-corrected chi connectivity index (χ1v) is 5.44. The van der Waals surface area contributed by atoms with Crippen molar-refractivity contribution in [2.75, 3.05) is 13.7 Å². The van der Waals surface area contributed by atoms with Crippen molar-refractivity contribution in [3.05, 3.63) is 36.4 Å². The Hall–Kier alpha value is -2.83. The number of esters is 3. The van der Waals surface area contributed by atoms with E-state index in [0.29, 0.717) is 0 Å². The van der Waals surface area contributed by atoms with Crippen molar-refractivity contribution >= 4 is 17.9 Å². The van der Waals surface area contributed by atoms with Gasteiger partial charge in [-0.25, -0.2) is 14.4 Å². The Balaban J connectivity index is 2.36. The second-order valence-corrected chi connectivity index (χ2v) is 3.43. The number of ether oxygens (including phenoxy) is 3.